The van der Waals surface area contributed by atoms with Gasteiger partial charge in [0.05, 0.1) is 0 Å². The summed E-state index contributed by atoms with van der Waals surface area (Å²) in [6, 6.07) is 0.640. The largest absolute Gasteiger partial charge is 0.315 e. The average Bonchev–Trinajstić information content (AvgIpc) is 2.81. The highest BCUT2D eigenvalue weighted by atomic mass is 15.2. The quantitative estimate of drug-likeness (QED) is 0.601. The molecule has 1 aliphatic rings. The first-order chi connectivity index (χ1) is 9.12. The monoisotopic (exact) mass is 268 g/mol. The Balaban J connectivity index is 1.99. The lowest BCUT2D eigenvalue weighted by atomic mass is 9.82. The molecule has 2 heteroatoms. The third-order valence-corrected chi connectivity index (χ3v) is 4.97. The summed E-state index contributed by atoms with van der Waals surface area (Å²) in [6.45, 7) is 14.4. The first-order valence-electron chi connectivity index (χ1n) is 8.57. The van der Waals surface area contributed by atoms with Crippen molar-refractivity contribution in [3.05, 3.63) is 0 Å². The van der Waals surface area contributed by atoms with Gasteiger partial charge in [0.25, 0.3) is 0 Å². The summed E-state index contributed by atoms with van der Waals surface area (Å²) in [6.07, 6.45) is 9.68. The number of nitrogens with zero attached hydrogens (tertiary/aromatic N) is 1. The minimum Gasteiger partial charge on any atom is -0.315 e. The molecule has 1 fully saturated rings. The van der Waals surface area contributed by atoms with E-state index in [9.17, 15) is 0 Å². The van der Waals surface area contributed by atoms with Crippen LogP contribution in [0.15, 0.2) is 0 Å². The summed E-state index contributed by atoms with van der Waals surface area (Å²) in [5.41, 5.74) is 0.654. The zero-order chi connectivity index (χ0) is 14.1. The van der Waals surface area contributed by atoms with Crippen molar-refractivity contribution < 1.29 is 0 Å². The van der Waals surface area contributed by atoms with Crippen molar-refractivity contribution >= 4 is 0 Å². The SMILES string of the molecule is CCC1(CC)CCN(CCCCCCNC(C)C)C1. The summed E-state index contributed by atoms with van der Waals surface area (Å²) in [7, 11) is 0. The molecular formula is C17H36N2. The summed E-state index contributed by atoms with van der Waals surface area (Å²) in [5.74, 6) is 0. The van der Waals surface area contributed by atoms with E-state index in [0.717, 1.165) is 0 Å². The minimum atomic E-state index is 0.640. The van der Waals surface area contributed by atoms with Crippen LogP contribution in [0.2, 0.25) is 0 Å². The second-order valence-electron chi connectivity index (χ2n) is 6.76. The maximum Gasteiger partial charge on any atom is 0.00382 e. The van der Waals surface area contributed by atoms with Crippen LogP contribution in [0.4, 0.5) is 0 Å². The molecule has 1 rings (SSSR count). The Morgan fingerprint density at radius 3 is 2.32 bits per heavy atom. The maximum atomic E-state index is 3.49. The molecule has 114 valence electrons. The number of hydrogen-bond acceptors (Lipinski definition) is 2. The van der Waals surface area contributed by atoms with Crippen molar-refractivity contribution in [2.45, 2.75) is 78.7 Å². The zero-order valence-electron chi connectivity index (χ0n) is 13.8. The summed E-state index contributed by atoms with van der Waals surface area (Å²) >= 11 is 0. The lowest BCUT2D eigenvalue weighted by Crippen LogP contribution is -2.27. The van der Waals surface area contributed by atoms with Gasteiger partial charge in [0, 0.05) is 12.6 Å². The molecule has 0 aliphatic carbocycles. The number of nitrogens with one attached hydrogen (secondary N) is 1. The molecule has 0 saturated carbocycles. The molecule has 0 radical (unpaired) electrons. The second kappa shape index (κ2) is 8.97. The predicted molar refractivity (Wildman–Crippen MR) is 85.7 cm³/mol. The average molecular weight is 268 g/mol. The van der Waals surface area contributed by atoms with Crippen LogP contribution in [0.5, 0.6) is 0 Å². The van der Waals surface area contributed by atoms with Crippen molar-refractivity contribution in [2.75, 3.05) is 26.2 Å². The van der Waals surface area contributed by atoms with Gasteiger partial charge >= 0.3 is 0 Å². The highest BCUT2D eigenvalue weighted by Crippen LogP contribution is 2.36. The minimum absolute atomic E-state index is 0.640. The van der Waals surface area contributed by atoms with E-state index in [1.807, 2.05) is 0 Å². The van der Waals surface area contributed by atoms with E-state index in [-0.39, 0.29) is 0 Å². The molecule has 1 N–H and O–H groups in total. The topological polar surface area (TPSA) is 15.3 Å². The molecule has 1 heterocycles. The zero-order valence-corrected chi connectivity index (χ0v) is 13.8. The first kappa shape index (κ1) is 17.0. The molecule has 0 atom stereocenters. The van der Waals surface area contributed by atoms with Crippen LogP contribution < -0.4 is 5.32 Å². The molecule has 19 heavy (non-hydrogen) atoms. The Morgan fingerprint density at radius 1 is 1.05 bits per heavy atom. The highest BCUT2D eigenvalue weighted by Gasteiger charge is 2.34. The fourth-order valence-electron chi connectivity index (χ4n) is 3.25. The molecule has 0 unspecified atom stereocenters. The number of hydrogen-bond donors (Lipinski definition) is 1. The van der Waals surface area contributed by atoms with E-state index in [0.29, 0.717) is 11.5 Å². The van der Waals surface area contributed by atoms with Crippen LogP contribution in [-0.4, -0.2) is 37.1 Å². The molecule has 0 aromatic carbocycles. The molecule has 0 amide bonds. The molecule has 0 aromatic heterocycles. The van der Waals surface area contributed by atoms with Crippen molar-refractivity contribution in [1.29, 1.82) is 0 Å². The fourth-order valence-corrected chi connectivity index (χ4v) is 3.25. The fraction of sp³-hybridized carbons (Fsp3) is 1.00. The summed E-state index contributed by atoms with van der Waals surface area (Å²) < 4.78 is 0. The Morgan fingerprint density at radius 2 is 1.74 bits per heavy atom. The third kappa shape index (κ3) is 6.27. The molecule has 1 aliphatic heterocycles. The number of rotatable bonds is 10. The highest BCUT2D eigenvalue weighted by molar-refractivity contribution is 4.87. The van der Waals surface area contributed by atoms with Crippen LogP contribution in [0, 0.1) is 5.41 Å². The van der Waals surface area contributed by atoms with E-state index in [1.54, 1.807) is 0 Å². The second-order valence-corrected chi connectivity index (χ2v) is 6.76. The lowest BCUT2D eigenvalue weighted by Gasteiger charge is -2.26. The Bertz CT molecular complexity index is 221. The van der Waals surface area contributed by atoms with Gasteiger partial charge in [-0.1, -0.05) is 40.5 Å². The molecular weight excluding hydrogens is 232 g/mol. The maximum absolute atomic E-state index is 3.49. The Hall–Kier alpha value is -0.0800. The van der Waals surface area contributed by atoms with Gasteiger partial charge in [-0.15, -0.1) is 0 Å². The Labute approximate surface area is 121 Å². The van der Waals surface area contributed by atoms with Gasteiger partial charge in [0.2, 0.25) is 0 Å². The van der Waals surface area contributed by atoms with E-state index < -0.39 is 0 Å². The van der Waals surface area contributed by atoms with Crippen molar-refractivity contribution in [3.63, 3.8) is 0 Å². The summed E-state index contributed by atoms with van der Waals surface area (Å²) in [4.78, 5) is 2.71. The number of likely N-dealkylation sites (tertiary alicyclic amines) is 1. The van der Waals surface area contributed by atoms with E-state index >= 15 is 0 Å². The van der Waals surface area contributed by atoms with E-state index in [4.69, 9.17) is 0 Å². The third-order valence-electron chi connectivity index (χ3n) is 4.97. The van der Waals surface area contributed by atoms with Crippen LogP contribution >= 0.6 is 0 Å². The van der Waals surface area contributed by atoms with Crippen LogP contribution in [0.3, 0.4) is 0 Å². The van der Waals surface area contributed by atoms with Gasteiger partial charge in [0.15, 0.2) is 0 Å². The van der Waals surface area contributed by atoms with Crippen LogP contribution in [0.1, 0.15) is 72.6 Å². The van der Waals surface area contributed by atoms with Gasteiger partial charge in [-0.3, -0.25) is 0 Å². The van der Waals surface area contributed by atoms with Crippen LogP contribution in [-0.2, 0) is 0 Å². The summed E-state index contributed by atoms with van der Waals surface area (Å²) in [5, 5.41) is 3.49. The van der Waals surface area contributed by atoms with Gasteiger partial charge in [-0.05, 0) is 57.2 Å². The normalized spacial score (nSPS) is 19.4. The van der Waals surface area contributed by atoms with E-state index in [2.05, 4.69) is 37.9 Å². The molecule has 1 saturated heterocycles. The predicted octanol–water partition coefficient (Wildman–Crippen LogP) is 4.06. The lowest BCUT2D eigenvalue weighted by molar-refractivity contribution is 0.237. The number of unbranched alkanes of at least 4 members (excludes halogenated alkanes) is 3. The van der Waals surface area contributed by atoms with Gasteiger partial charge < -0.3 is 10.2 Å². The molecule has 0 aromatic rings. The Kier molecular flexibility index (Phi) is 8.01. The van der Waals surface area contributed by atoms with Crippen molar-refractivity contribution in [3.8, 4) is 0 Å². The molecule has 0 bridgehead atoms. The van der Waals surface area contributed by atoms with Gasteiger partial charge in [0.1, 0.15) is 0 Å². The molecule has 2 nitrogen and oxygen atoms in total. The first-order valence-corrected chi connectivity index (χ1v) is 8.57. The smallest absolute Gasteiger partial charge is 0.00382 e. The standard InChI is InChI=1S/C17H36N2/c1-5-17(6-2)11-14-19(15-17)13-10-8-7-9-12-18-16(3)4/h16,18H,5-15H2,1-4H3. The van der Waals surface area contributed by atoms with Crippen molar-refractivity contribution in [2.24, 2.45) is 5.41 Å². The van der Waals surface area contributed by atoms with E-state index in [1.165, 1.54) is 71.1 Å². The van der Waals surface area contributed by atoms with Crippen LogP contribution in [0.25, 0.3) is 0 Å². The van der Waals surface area contributed by atoms with Gasteiger partial charge in [-0.2, -0.15) is 0 Å². The van der Waals surface area contributed by atoms with Gasteiger partial charge in [-0.25, -0.2) is 0 Å². The van der Waals surface area contributed by atoms with Crippen molar-refractivity contribution in [1.82, 2.24) is 10.2 Å². The molecule has 0 spiro atoms.